The molecule has 7 nitrogen and oxygen atoms in total. The molecule has 4 N–H and O–H groups in total. The van der Waals surface area contributed by atoms with Crippen molar-refractivity contribution in [3.8, 4) is 11.5 Å². The zero-order valence-corrected chi connectivity index (χ0v) is 13.4. The summed E-state index contributed by atoms with van der Waals surface area (Å²) in [5.74, 6) is 0.873. The SMILES string of the molecule is COC(=O)Nc1ccc(Oc2cccc(NC(=O)C(C)N)c2)cc1. The number of ether oxygens (including phenoxy) is 2. The Hall–Kier alpha value is -3.06. The number of carbonyl (C=O) groups excluding carboxylic acids is 2. The van der Waals surface area contributed by atoms with E-state index in [0.29, 0.717) is 22.9 Å². The highest BCUT2D eigenvalue weighted by Gasteiger charge is 2.08. The first-order valence-corrected chi connectivity index (χ1v) is 7.27. The van der Waals surface area contributed by atoms with Crippen LogP contribution in [0.5, 0.6) is 11.5 Å². The summed E-state index contributed by atoms with van der Waals surface area (Å²) in [7, 11) is 1.30. The highest BCUT2D eigenvalue weighted by molar-refractivity contribution is 5.94. The summed E-state index contributed by atoms with van der Waals surface area (Å²) in [4.78, 5) is 22.7. The lowest BCUT2D eigenvalue weighted by atomic mass is 10.2. The molecule has 2 amide bonds. The van der Waals surface area contributed by atoms with Gasteiger partial charge in [0.25, 0.3) is 0 Å². The Balaban J connectivity index is 2.03. The number of benzene rings is 2. The van der Waals surface area contributed by atoms with Crippen LogP contribution in [0.25, 0.3) is 0 Å². The molecule has 2 aromatic rings. The molecule has 7 heteroatoms. The number of nitrogens with two attached hydrogens (primary N) is 1. The van der Waals surface area contributed by atoms with Gasteiger partial charge in [-0.05, 0) is 43.3 Å². The molecule has 1 unspecified atom stereocenters. The van der Waals surface area contributed by atoms with E-state index in [-0.39, 0.29) is 5.91 Å². The lowest BCUT2D eigenvalue weighted by molar-refractivity contribution is -0.117. The summed E-state index contributed by atoms with van der Waals surface area (Å²) in [6, 6.07) is 13.2. The van der Waals surface area contributed by atoms with E-state index in [9.17, 15) is 9.59 Å². The lowest BCUT2D eigenvalue weighted by Crippen LogP contribution is -2.32. The molecule has 0 bridgehead atoms. The van der Waals surface area contributed by atoms with Gasteiger partial charge in [-0.25, -0.2) is 4.79 Å². The number of nitrogens with one attached hydrogen (secondary N) is 2. The Bertz CT molecular complexity index is 714. The van der Waals surface area contributed by atoms with Gasteiger partial charge in [0.15, 0.2) is 0 Å². The van der Waals surface area contributed by atoms with Crippen LogP contribution < -0.4 is 21.1 Å². The normalized spacial score (nSPS) is 11.3. The van der Waals surface area contributed by atoms with Crippen molar-refractivity contribution in [3.63, 3.8) is 0 Å². The molecule has 126 valence electrons. The second-order valence-corrected chi connectivity index (χ2v) is 5.05. The third-order valence-electron chi connectivity index (χ3n) is 3.04. The molecule has 0 aliphatic rings. The summed E-state index contributed by atoms with van der Waals surface area (Å²) in [5.41, 5.74) is 6.71. The Kier molecular flexibility index (Phi) is 5.75. The molecule has 2 rings (SSSR count). The number of rotatable bonds is 5. The number of hydrogen-bond acceptors (Lipinski definition) is 5. The van der Waals surface area contributed by atoms with E-state index in [1.54, 1.807) is 55.5 Å². The Labute approximate surface area is 139 Å². The van der Waals surface area contributed by atoms with Crippen molar-refractivity contribution in [3.05, 3.63) is 48.5 Å². The van der Waals surface area contributed by atoms with Crippen LogP contribution in [0.2, 0.25) is 0 Å². The third-order valence-corrected chi connectivity index (χ3v) is 3.04. The van der Waals surface area contributed by atoms with Crippen molar-refractivity contribution in [2.24, 2.45) is 5.73 Å². The highest BCUT2D eigenvalue weighted by atomic mass is 16.5. The standard InChI is InChI=1S/C17H19N3O4/c1-11(18)16(21)19-13-4-3-5-15(10-13)24-14-8-6-12(7-9-14)20-17(22)23-2/h3-11H,18H2,1-2H3,(H,19,21)(H,20,22). The van der Waals surface area contributed by atoms with Gasteiger partial charge in [-0.3, -0.25) is 10.1 Å². The van der Waals surface area contributed by atoms with Gasteiger partial charge in [0.2, 0.25) is 5.91 Å². The van der Waals surface area contributed by atoms with Crippen molar-refractivity contribution >= 4 is 23.4 Å². The Morgan fingerprint density at radius 3 is 2.33 bits per heavy atom. The average molecular weight is 329 g/mol. The van der Waals surface area contributed by atoms with E-state index in [1.165, 1.54) is 7.11 Å². The molecule has 0 aromatic heterocycles. The lowest BCUT2D eigenvalue weighted by Gasteiger charge is -2.11. The smallest absolute Gasteiger partial charge is 0.411 e. The molecule has 0 spiro atoms. The molecule has 0 aliphatic heterocycles. The van der Waals surface area contributed by atoms with Crippen LogP contribution >= 0.6 is 0 Å². The van der Waals surface area contributed by atoms with Crippen molar-refractivity contribution in [2.45, 2.75) is 13.0 Å². The van der Waals surface area contributed by atoms with Crippen molar-refractivity contribution < 1.29 is 19.1 Å². The van der Waals surface area contributed by atoms with Crippen LogP contribution in [0.1, 0.15) is 6.92 Å². The van der Waals surface area contributed by atoms with Crippen molar-refractivity contribution in [2.75, 3.05) is 17.7 Å². The molecule has 2 aromatic carbocycles. The largest absolute Gasteiger partial charge is 0.457 e. The number of methoxy groups -OCH3 is 1. The first-order valence-electron chi connectivity index (χ1n) is 7.27. The Morgan fingerprint density at radius 1 is 1.00 bits per heavy atom. The van der Waals surface area contributed by atoms with Gasteiger partial charge < -0.3 is 20.5 Å². The maximum absolute atomic E-state index is 11.6. The summed E-state index contributed by atoms with van der Waals surface area (Å²) in [6.07, 6.45) is -0.541. The van der Waals surface area contributed by atoms with Crippen LogP contribution in [0.3, 0.4) is 0 Å². The summed E-state index contributed by atoms with van der Waals surface area (Å²) in [6.45, 7) is 1.61. The van der Waals surface area contributed by atoms with Gasteiger partial charge in [-0.15, -0.1) is 0 Å². The first kappa shape index (κ1) is 17.3. The molecule has 0 saturated carbocycles. The third kappa shape index (κ3) is 4.99. The van der Waals surface area contributed by atoms with Crippen molar-refractivity contribution in [1.29, 1.82) is 0 Å². The fourth-order valence-corrected chi connectivity index (χ4v) is 1.80. The monoisotopic (exact) mass is 329 g/mol. The fraction of sp³-hybridized carbons (Fsp3) is 0.176. The van der Waals surface area contributed by atoms with E-state index in [0.717, 1.165) is 0 Å². The number of amides is 2. The predicted molar refractivity (Wildman–Crippen MR) is 91.3 cm³/mol. The van der Waals surface area contributed by atoms with Crippen LogP contribution in [-0.4, -0.2) is 25.2 Å². The average Bonchev–Trinajstić information content (AvgIpc) is 2.56. The zero-order chi connectivity index (χ0) is 17.5. The minimum Gasteiger partial charge on any atom is -0.457 e. The van der Waals surface area contributed by atoms with Crippen LogP contribution in [-0.2, 0) is 9.53 Å². The van der Waals surface area contributed by atoms with E-state index in [2.05, 4.69) is 15.4 Å². The second-order valence-electron chi connectivity index (χ2n) is 5.05. The quantitative estimate of drug-likeness (QED) is 0.782. The van der Waals surface area contributed by atoms with Crippen molar-refractivity contribution in [1.82, 2.24) is 0 Å². The van der Waals surface area contributed by atoms with E-state index < -0.39 is 12.1 Å². The summed E-state index contributed by atoms with van der Waals surface area (Å²) < 4.78 is 10.2. The van der Waals surface area contributed by atoms with Crippen LogP contribution in [0.15, 0.2) is 48.5 Å². The molecular formula is C17H19N3O4. The highest BCUT2D eigenvalue weighted by Crippen LogP contribution is 2.25. The summed E-state index contributed by atoms with van der Waals surface area (Å²) >= 11 is 0. The molecule has 0 radical (unpaired) electrons. The fourth-order valence-electron chi connectivity index (χ4n) is 1.80. The Morgan fingerprint density at radius 2 is 1.71 bits per heavy atom. The number of anilines is 2. The second kappa shape index (κ2) is 7.98. The minimum atomic E-state index is -0.593. The van der Waals surface area contributed by atoms with Gasteiger partial charge >= 0.3 is 6.09 Å². The minimum absolute atomic E-state index is 0.273. The first-order chi connectivity index (χ1) is 11.5. The van der Waals surface area contributed by atoms with Gasteiger partial charge in [0.1, 0.15) is 11.5 Å². The summed E-state index contributed by atoms with van der Waals surface area (Å²) in [5, 5.41) is 5.25. The van der Waals surface area contributed by atoms with Gasteiger partial charge in [-0.1, -0.05) is 6.07 Å². The van der Waals surface area contributed by atoms with Crippen LogP contribution in [0, 0.1) is 0 Å². The number of hydrogen-bond donors (Lipinski definition) is 3. The van der Waals surface area contributed by atoms with Gasteiger partial charge in [0, 0.05) is 17.4 Å². The van der Waals surface area contributed by atoms with Crippen LogP contribution in [0.4, 0.5) is 16.2 Å². The van der Waals surface area contributed by atoms with E-state index in [4.69, 9.17) is 10.5 Å². The topological polar surface area (TPSA) is 103 Å². The van der Waals surface area contributed by atoms with Gasteiger partial charge in [-0.2, -0.15) is 0 Å². The maximum atomic E-state index is 11.6. The molecule has 24 heavy (non-hydrogen) atoms. The molecule has 0 fully saturated rings. The molecule has 1 atom stereocenters. The van der Waals surface area contributed by atoms with E-state index in [1.807, 2.05) is 0 Å². The van der Waals surface area contributed by atoms with E-state index >= 15 is 0 Å². The maximum Gasteiger partial charge on any atom is 0.411 e. The zero-order valence-electron chi connectivity index (χ0n) is 13.4. The van der Waals surface area contributed by atoms with Gasteiger partial charge in [0.05, 0.1) is 13.2 Å². The number of carbonyl (C=O) groups is 2. The molecule has 0 saturated heterocycles. The molecular weight excluding hydrogens is 310 g/mol. The molecule has 0 heterocycles. The molecule has 0 aliphatic carbocycles. The predicted octanol–water partition coefficient (Wildman–Crippen LogP) is 2.94.